The van der Waals surface area contributed by atoms with E-state index in [1.165, 1.54) is 64.4 Å². The molecule has 160 valence electrons. The lowest BCUT2D eigenvalue weighted by Crippen LogP contribution is -2.44. The molecule has 0 rings (SSSR count). The number of phosphoric ester groups is 1. The van der Waals surface area contributed by atoms with Crippen molar-refractivity contribution in [1.29, 1.82) is 0 Å². The lowest BCUT2D eigenvalue weighted by molar-refractivity contribution is -0.120. The summed E-state index contributed by atoms with van der Waals surface area (Å²) in [4.78, 5) is 28.7. The molecule has 0 aliphatic heterocycles. The van der Waals surface area contributed by atoms with Crippen LogP contribution in [0.25, 0.3) is 0 Å². The van der Waals surface area contributed by atoms with Gasteiger partial charge in [-0.15, -0.1) is 0 Å². The molecule has 0 heterocycles. The Balaban J connectivity index is 3.89. The van der Waals surface area contributed by atoms with Crippen LogP contribution in [0.5, 0.6) is 0 Å². The Morgan fingerprint density at radius 3 is 2.04 bits per heavy atom. The minimum atomic E-state index is -4.65. The van der Waals surface area contributed by atoms with E-state index >= 15 is 0 Å². The number of carbonyl (C=O) groups excluding carboxylic acids is 1. The van der Waals surface area contributed by atoms with Gasteiger partial charge in [-0.3, -0.25) is 9.32 Å². The number of carbonyl (C=O) groups is 1. The molecular formula is C19H38NO6P. The molecule has 0 aromatic rings. The Kier molecular flexibility index (Phi) is 15.8. The van der Waals surface area contributed by atoms with Gasteiger partial charge in [-0.25, -0.2) is 4.57 Å². The van der Waals surface area contributed by atoms with Gasteiger partial charge in [0, 0.05) is 6.92 Å². The highest BCUT2D eigenvalue weighted by Gasteiger charge is 2.23. The van der Waals surface area contributed by atoms with Crippen molar-refractivity contribution in [3.8, 4) is 0 Å². The van der Waals surface area contributed by atoms with Crippen LogP contribution in [-0.4, -0.2) is 39.6 Å². The number of phosphoric acid groups is 1. The minimum Gasteiger partial charge on any atom is -0.387 e. The zero-order chi connectivity index (χ0) is 20.5. The Hall–Kier alpha value is -0.720. The van der Waals surface area contributed by atoms with Gasteiger partial charge in [0.2, 0.25) is 5.91 Å². The molecule has 27 heavy (non-hydrogen) atoms. The first-order valence-electron chi connectivity index (χ1n) is 10.1. The van der Waals surface area contributed by atoms with Crippen molar-refractivity contribution >= 4 is 13.7 Å². The van der Waals surface area contributed by atoms with E-state index in [1.54, 1.807) is 0 Å². The second kappa shape index (κ2) is 16.3. The molecule has 2 atom stereocenters. The molecule has 0 radical (unpaired) electrons. The second-order valence-electron chi connectivity index (χ2n) is 6.98. The lowest BCUT2D eigenvalue weighted by Gasteiger charge is -2.21. The zero-order valence-electron chi connectivity index (χ0n) is 16.8. The normalized spacial score (nSPS) is 14.4. The summed E-state index contributed by atoms with van der Waals surface area (Å²) in [6, 6.07) is -0.904. The number of allylic oxidation sites excluding steroid dienone is 1. The number of hydrogen-bond acceptors (Lipinski definition) is 4. The van der Waals surface area contributed by atoms with E-state index in [2.05, 4.69) is 16.8 Å². The van der Waals surface area contributed by atoms with Crippen LogP contribution in [0.4, 0.5) is 0 Å². The minimum absolute atomic E-state index is 0.406. The van der Waals surface area contributed by atoms with E-state index < -0.39 is 32.5 Å². The van der Waals surface area contributed by atoms with Gasteiger partial charge in [0.05, 0.1) is 18.8 Å². The van der Waals surface area contributed by atoms with Crippen molar-refractivity contribution in [2.45, 2.75) is 96.6 Å². The third-order valence-corrected chi connectivity index (χ3v) is 4.77. The topological polar surface area (TPSA) is 116 Å². The number of aliphatic hydroxyl groups excluding tert-OH is 1. The standard InChI is InChI=1S/C19H38NO6P/c1-3-4-5-6-7-8-9-10-11-12-13-14-15-19(22)18(20-17(2)21)16-26-27(23,24)25/h14-15,18-19,22H,3-13,16H2,1-2H3,(H,20,21)(H2,23,24,25)/b15-14+/t18?,19-/m0/s1. The van der Waals surface area contributed by atoms with E-state index in [-0.39, 0.29) is 0 Å². The fraction of sp³-hybridized carbons (Fsp3) is 0.842. The fourth-order valence-corrected chi connectivity index (χ4v) is 3.14. The summed E-state index contributed by atoms with van der Waals surface area (Å²) in [6.07, 6.45) is 15.7. The van der Waals surface area contributed by atoms with Gasteiger partial charge in [-0.1, -0.05) is 76.9 Å². The molecule has 0 aliphatic rings. The monoisotopic (exact) mass is 407 g/mol. The smallest absolute Gasteiger partial charge is 0.387 e. The molecule has 0 bridgehead atoms. The number of rotatable bonds is 17. The quantitative estimate of drug-likeness (QED) is 0.165. The molecule has 0 aromatic heterocycles. The molecule has 4 N–H and O–H groups in total. The van der Waals surface area contributed by atoms with Crippen molar-refractivity contribution < 1.29 is 28.8 Å². The predicted octanol–water partition coefficient (Wildman–Crippen LogP) is 3.83. The third-order valence-electron chi connectivity index (χ3n) is 4.28. The van der Waals surface area contributed by atoms with Crippen LogP contribution in [0.2, 0.25) is 0 Å². The number of hydrogen-bond donors (Lipinski definition) is 4. The van der Waals surface area contributed by atoms with Gasteiger partial charge in [0.15, 0.2) is 0 Å². The van der Waals surface area contributed by atoms with E-state index in [4.69, 9.17) is 9.79 Å². The Morgan fingerprint density at radius 2 is 1.56 bits per heavy atom. The molecule has 8 heteroatoms. The SMILES string of the molecule is CCCCCCCCCCCC/C=C/[C@H](O)C(COP(=O)(O)O)NC(C)=O. The second-order valence-corrected chi connectivity index (χ2v) is 8.22. The molecule has 0 spiro atoms. The molecule has 0 saturated heterocycles. The molecule has 0 fully saturated rings. The number of amides is 1. The highest BCUT2D eigenvalue weighted by Crippen LogP contribution is 2.35. The number of aliphatic hydroxyl groups is 1. The number of nitrogens with one attached hydrogen (secondary N) is 1. The van der Waals surface area contributed by atoms with Gasteiger partial charge < -0.3 is 20.2 Å². The highest BCUT2D eigenvalue weighted by molar-refractivity contribution is 7.46. The van der Waals surface area contributed by atoms with Gasteiger partial charge in [0.1, 0.15) is 0 Å². The third kappa shape index (κ3) is 18.4. The van der Waals surface area contributed by atoms with E-state index in [0.717, 1.165) is 19.3 Å². The van der Waals surface area contributed by atoms with Crippen molar-refractivity contribution in [3.63, 3.8) is 0 Å². The summed E-state index contributed by atoms with van der Waals surface area (Å²) in [5, 5.41) is 12.5. The summed E-state index contributed by atoms with van der Waals surface area (Å²) in [6.45, 7) is 3.03. The molecule has 7 nitrogen and oxygen atoms in total. The van der Waals surface area contributed by atoms with Crippen molar-refractivity contribution in [1.82, 2.24) is 5.32 Å². The average Bonchev–Trinajstić information content (AvgIpc) is 2.58. The molecular weight excluding hydrogens is 369 g/mol. The summed E-state index contributed by atoms with van der Waals surface area (Å²) < 4.78 is 15.2. The Labute approximate surface area is 163 Å². The van der Waals surface area contributed by atoms with Crippen LogP contribution in [0.1, 0.15) is 84.5 Å². The van der Waals surface area contributed by atoms with Gasteiger partial charge in [0.25, 0.3) is 0 Å². The summed E-state index contributed by atoms with van der Waals surface area (Å²) >= 11 is 0. The Bertz CT molecular complexity index is 451. The van der Waals surface area contributed by atoms with Gasteiger partial charge >= 0.3 is 7.82 Å². The largest absolute Gasteiger partial charge is 0.469 e. The predicted molar refractivity (Wildman–Crippen MR) is 107 cm³/mol. The van der Waals surface area contributed by atoms with Crippen LogP contribution in [0, 0.1) is 0 Å². The van der Waals surface area contributed by atoms with Crippen LogP contribution >= 0.6 is 7.82 Å². The van der Waals surface area contributed by atoms with Gasteiger partial charge in [-0.2, -0.15) is 0 Å². The van der Waals surface area contributed by atoms with Crippen LogP contribution in [-0.2, 0) is 13.9 Å². The van der Waals surface area contributed by atoms with Crippen LogP contribution in [0.3, 0.4) is 0 Å². The van der Waals surface area contributed by atoms with Crippen LogP contribution < -0.4 is 5.32 Å². The summed E-state index contributed by atoms with van der Waals surface area (Å²) in [5.41, 5.74) is 0. The Morgan fingerprint density at radius 1 is 1.04 bits per heavy atom. The first-order chi connectivity index (χ1) is 12.8. The van der Waals surface area contributed by atoms with Crippen LogP contribution in [0.15, 0.2) is 12.2 Å². The maximum absolute atomic E-state index is 11.2. The highest BCUT2D eigenvalue weighted by atomic mass is 31.2. The fourth-order valence-electron chi connectivity index (χ4n) is 2.78. The first-order valence-corrected chi connectivity index (χ1v) is 11.6. The first kappa shape index (κ1) is 26.3. The molecule has 1 amide bonds. The zero-order valence-corrected chi connectivity index (χ0v) is 17.7. The van der Waals surface area contributed by atoms with Crippen molar-refractivity contribution in [3.05, 3.63) is 12.2 Å². The average molecular weight is 407 g/mol. The number of unbranched alkanes of at least 4 members (excludes halogenated alkanes) is 10. The van der Waals surface area contributed by atoms with Gasteiger partial charge in [-0.05, 0) is 12.8 Å². The van der Waals surface area contributed by atoms with Crippen molar-refractivity contribution in [2.75, 3.05) is 6.61 Å². The van der Waals surface area contributed by atoms with Crippen molar-refractivity contribution in [2.24, 2.45) is 0 Å². The molecule has 0 saturated carbocycles. The molecule has 1 unspecified atom stereocenters. The maximum atomic E-state index is 11.2. The van der Waals surface area contributed by atoms with E-state index in [9.17, 15) is 14.5 Å². The lowest BCUT2D eigenvalue weighted by atomic mass is 10.1. The summed E-state index contributed by atoms with van der Waals surface area (Å²) in [5.74, 6) is -0.406. The van der Waals surface area contributed by atoms with E-state index in [1.807, 2.05) is 6.08 Å². The molecule has 0 aromatic carbocycles. The molecule has 0 aliphatic carbocycles. The summed E-state index contributed by atoms with van der Waals surface area (Å²) in [7, 11) is -4.65. The van der Waals surface area contributed by atoms with E-state index in [0.29, 0.717) is 0 Å². The maximum Gasteiger partial charge on any atom is 0.469 e.